The van der Waals surface area contributed by atoms with Crippen molar-refractivity contribution in [2.24, 2.45) is 5.41 Å². The summed E-state index contributed by atoms with van der Waals surface area (Å²) in [5.41, 5.74) is -1.68. The molecule has 2 aliphatic rings. The minimum Gasteiger partial charge on any atom is -0.490 e. The van der Waals surface area contributed by atoms with Gasteiger partial charge in [0.25, 0.3) is 5.69 Å². The van der Waals surface area contributed by atoms with Crippen molar-refractivity contribution in [2.45, 2.75) is 64.8 Å². The number of hydrogen-bond donors (Lipinski definition) is 1. The lowest BCUT2D eigenvalue weighted by Crippen LogP contribution is -2.48. The van der Waals surface area contributed by atoms with Crippen molar-refractivity contribution in [1.29, 1.82) is 0 Å². The van der Waals surface area contributed by atoms with Crippen molar-refractivity contribution in [3.05, 3.63) is 52.2 Å². The minimum absolute atomic E-state index is 0.00882. The topological polar surface area (TPSA) is 83.8 Å². The Morgan fingerprint density at radius 1 is 1.05 bits per heavy atom. The van der Waals surface area contributed by atoms with Gasteiger partial charge in [-0.05, 0) is 49.3 Å². The number of piperazine rings is 1. The number of pyridine rings is 1. The molecule has 2 heterocycles. The van der Waals surface area contributed by atoms with Crippen LogP contribution in [0, 0.1) is 15.5 Å². The zero-order chi connectivity index (χ0) is 27.5. The maximum absolute atomic E-state index is 13.3. The number of nitro groups is 1. The highest BCUT2D eigenvalue weighted by Gasteiger charge is 2.38. The summed E-state index contributed by atoms with van der Waals surface area (Å²) in [5, 5.41) is 14.1. The van der Waals surface area contributed by atoms with Crippen LogP contribution >= 0.6 is 0 Å². The summed E-state index contributed by atoms with van der Waals surface area (Å²) in [7, 11) is 0. The van der Waals surface area contributed by atoms with Crippen LogP contribution in [0.4, 0.5) is 30.4 Å². The highest BCUT2D eigenvalue weighted by Crippen LogP contribution is 2.38. The summed E-state index contributed by atoms with van der Waals surface area (Å²) in [4.78, 5) is 19.3. The molecule has 11 heteroatoms. The van der Waals surface area contributed by atoms with Gasteiger partial charge in [-0.25, -0.2) is 4.98 Å². The molecule has 1 saturated heterocycles. The van der Waals surface area contributed by atoms with E-state index in [9.17, 15) is 23.3 Å². The van der Waals surface area contributed by atoms with E-state index in [0.29, 0.717) is 0 Å². The summed E-state index contributed by atoms with van der Waals surface area (Å²) in [5.74, 6) is 1.68. The van der Waals surface area contributed by atoms with Crippen LogP contribution in [0.15, 0.2) is 36.5 Å². The number of benzene rings is 1. The Bertz CT molecular complexity index is 1110. The van der Waals surface area contributed by atoms with Crippen LogP contribution in [-0.4, -0.2) is 59.7 Å². The zero-order valence-electron chi connectivity index (χ0n) is 22.1. The lowest BCUT2D eigenvalue weighted by molar-refractivity contribution is -0.388. The molecule has 0 atom stereocenters. The number of anilines is 2. The van der Waals surface area contributed by atoms with Crippen LogP contribution in [0.2, 0.25) is 0 Å². The summed E-state index contributed by atoms with van der Waals surface area (Å²) in [6.07, 6.45) is -0.0801. The number of halogens is 3. The van der Waals surface area contributed by atoms with Gasteiger partial charge < -0.3 is 15.0 Å². The molecule has 208 valence electrons. The zero-order valence-corrected chi connectivity index (χ0v) is 22.1. The maximum Gasteiger partial charge on any atom is 0.423 e. The molecule has 8 nitrogen and oxygen atoms in total. The van der Waals surface area contributed by atoms with Crippen molar-refractivity contribution in [3.63, 3.8) is 0 Å². The second-order valence-electron chi connectivity index (χ2n) is 11.4. The Morgan fingerprint density at radius 2 is 1.74 bits per heavy atom. The molecule has 1 aromatic carbocycles. The van der Waals surface area contributed by atoms with E-state index in [2.05, 4.69) is 40.9 Å². The lowest BCUT2D eigenvalue weighted by Gasteiger charge is -2.38. The molecule has 0 unspecified atom stereocenters. The van der Waals surface area contributed by atoms with Crippen LogP contribution in [0.25, 0.3) is 0 Å². The number of alkyl halides is 3. The molecule has 0 amide bonds. The number of nitrogens with one attached hydrogen (secondary N) is 1. The predicted molar refractivity (Wildman–Crippen MR) is 141 cm³/mol. The number of ether oxygens (including phenoxy) is 1. The van der Waals surface area contributed by atoms with Gasteiger partial charge in [0.2, 0.25) is 0 Å². The first-order chi connectivity index (χ1) is 17.9. The first-order valence-corrected chi connectivity index (χ1v) is 13.1. The van der Waals surface area contributed by atoms with E-state index in [1.54, 1.807) is 6.20 Å². The average Bonchev–Trinajstić information content (AvgIpc) is 2.84. The number of hydrogen-bond acceptors (Lipinski definition) is 7. The molecule has 4 rings (SSSR count). The average molecular weight is 536 g/mol. The normalized spacial score (nSPS) is 21.3. The molecule has 1 aliphatic carbocycles. The monoisotopic (exact) mass is 535 g/mol. The van der Waals surface area contributed by atoms with Crippen LogP contribution < -0.4 is 15.0 Å². The fourth-order valence-electron chi connectivity index (χ4n) is 5.22. The largest absolute Gasteiger partial charge is 0.490 e. The van der Waals surface area contributed by atoms with E-state index in [0.717, 1.165) is 82.1 Å². The Morgan fingerprint density at radius 3 is 2.34 bits per heavy atom. The first kappa shape index (κ1) is 27.9. The van der Waals surface area contributed by atoms with Crippen molar-refractivity contribution >= 4 is 17.2 Å². The summed E-state index contributed by atoms with van der Waals surface area (Å²) < 4.78 is 46.1. The van der Waals surface area contributed by atoms with E-state index in [1.165, 1.54) is 6.07 Å². The predicted octanol–water partition coefficient (Wildman–Crippen LogP) is 5.98. The molecular weight excluding hydrogens is 499 g/mol. The molecule has 0 spiro atoms. The van der Waals surface area contributed by atoms with E-state index in [1.807, 2.05) is 12.1 Å². The second kappa shape index (κ2) is 11.3. The third-order valence-electron chi connectivity index (χ3n) is 6.96. The van der Waals surface area contributed by atoms with Gasteiger partial charge in [-0.1, -0.05) is 20.8 Å². The molecule has 2 fully saturated rings. The highest BCUT2D eigenvalue weighted by atomic mass is 19.4. The third-order valence-corrected chi connectivity index (χ3v) is 6.96. The summed E-state index contributed by atoms with van der Waals surface area (Å²) >= 11 is 0. The van der Waals surface area contributed by atoms with Gasteiger partial charge in [-0.15, -0.1) is 0 Å². The Hall–Kier alpha value is -3.08. The first-order valence-electron chi connectivity index (χ1n) is 13.1. The number of rotatable bonds is 7. The molecule has 1 N–H and O–H groups in total. The Labute approximate surface area is 221 Å². The Kier molecular flexibility index (Phi) is 8.34. The quantitative estimate of drug-likeness (QED) is 0.345. The summed E-state index contributed by atoms with van der Waals surface area (Å²) in [6, 6.07) is 6.87. The van der Waals surface area contributed by atoms with Crippen molar-refractivity contribution in [3.8, 4) is 5.75 Å². The van der Waals surface area contributed by atoms with Gasteiger partial charge in [0.15, 0.2) is 0 Å². The van der Waals surface area contributed by atoms with Crippen molar-refractivity contribution < 1.29 is 22.8 Å². The molecule has 1 aromatic heterocycles. The van der Waals surface area contributed by atoms with Crippen LogP contribution in [0.1, 0.15) is 52.0 Å². The fraction of sp³-hybridized carbons (Fsp3) is 0.593. The fourth-order valence-corrected chi connectivity index (χ4v) is 5.22. The van der Waals surface area contributed by atoms with Crippen LogP contribution in [-0.2, 0) is 6.18 Å². The summed E-state index contributed by atoms with van der Waals surface area (Å²) in [6.45, 7) is 11.7. The van der Waals surface area contributed by atoms with E-state index in [-0.39, 0.29) is 23.2 Å². The van der Waals surface area contributed by atoms with E-state index < -0.39 is 22.4 Å². The van der Waals surface area contributed by atoms with E-state index >= 15 is 0 Å². The van der Waals surface area contributed by atoms with Crippen LogP contribution in [0.5, 0.6) is 5.75 Å². The van der Waals surface area contributed by atoms with Crippen LogP contribution in [0.3, 0.4) is 0 Å². The lowest BCUT2D eigenvalue weighted by atomic mass is 9.92. The maximum atomic E-state index is 13.3. The minimum atomic E-state index is -4.80. The van der Waals surface area contributed by atoms with Crippen molar-refractivity contribution in [1.82, 2.24) is 9.88 Å². The van der Waals surface area contributed by atoms with E-state index in [4.69, 9.17) is 4.74 Å². The van der Waals surface area contributed by atoms with Gasteiger partial charge >= 0.3 is 6.18 Å². The molecule has 2 aromatic rings. The molecule has 0 radical (unpaired) electrons. The SMILES string of the molecule is CC(C)(C)CN1CCN(c2cc(OC3CCC(Nc4ccc([N+](=O)[O-])c(C(F)(F)F)c4)CC3)ccn2)CC1. The molecule has 1 saturated carbocycles. The Balaban J connectivity index is 1.28. The van der Waals surface area contributed by atoms with Gasteiger partial charge in [0.1, 0.15) is 17.1 Å². The van der Waals surface area contributed by atoms with Gasteiger partial charge in [0.05, 0.1) is 11.0 Å². The molecule has 38 heavy (non-hydrogen) atoms. The van der Waals surface area contributed by atoms with Crippen molar-refractivity contribution in [2.75, 3.05) is 42.9 Å². The highest BCUT2D eigenvalue weighted by molar-refractivity contribution is 5.55. The number of nitrogens with zero attached hydrogens (tertiary/aromatic N) is 4. The van der Waals surface area contributed by atoms with Gasteiger partial charge in [-0.2, -0.15) is 13.2 Å². The number of nitro benzene ring substituents is 1. The smallest absolute Gasteiger partial charge is 0.423 e. The molecule has 1 aliphatic heterocycles. The second-order valence-corrected chi connectivity index (χ2v) is 11.4. The molecule has 0 bridgehead atoms. The number of aromatic nitrogens is 1. The third kappa shape index (κ3) is 7.49. The van der Waals surface area contributed by atoms with Gasteiger partial charge in [-0.3, -0.25) is 15.0 Å². The van der Waals surface area contributed by atoms with Gasteiger partial charge in [0, 0.05) is 62.8 Å². The molecular formula is C27H36F3N5O3. The standard InChI is InChI=1S/C27H36F3N5O3/c1-26(2,3)18-33-12-14-34(15-13-33)25-17-22(10-11-31-25)38-21-7-4-19(5-8-21)32-20-6-9-24(35(36)37)23(16-20)27(28,29)30/h6,9-11,16-17,19,21,32H,4-5,7-8,12-15,18H2,1-3H3.